The molecule has 246 valence electrons. The number of thiophene rings is 1. The smallest absolute Gasteiger partial charge is 0.143 e. The lowest BCUT2D eigenvalue weighted by Gasteiger charge is -2.30. The molecule has 3 heteroatoms. The van der Waals surface area contributed by atoms with E-state index in [9.17, 15) is 0 Å². The highest BCUT2D eigenvalue weighted by Gasteiger charge is 2.36. The average Bonchev–Trinajstić information content (AvgIpc) is 3.84. The minimum Gasteiger partial charge on any atom is -0.455 e. The van der Waals surface area contributed by atoms with Gasteiger partial charge in [0, 0.05) is 53.0 Å². The lowest BCUT2D eigenvalue weighted by Crippen LogP contribution is -2.17. The summed E-state index contributed by atoms with van der Waals surface area (Å²) in [4.78, 5) is 2.51. The number of benzene rings is 8. The number of hydrogen-bond donors (Lipinski definition) is 0. The zero-order valence-corrected chi connectivity index (χ0v) is 29.7. The fourth-order valence-corrected chi connectivity index (χ4v) is 9.98. The van der Waals surface area contributed by atoms with Crippen molar-refractivity contribution in [2.45, 2.75) is 19.3 Å². The SMILES string of the molecule is CC1(C)c2ccccc2-c2ccc(N(c3ccccc3-c3cccc4oc5c6ccccc6ccc5c34)c3cccc4sc5ccccc5c34)cc21. The first-order valence-corrected chi connectivity index (χ1v) is 18.7. The van der Waals surface area contributed by atoms with E-state index >= 15 is 0 Å². The standard InChI is InChI=1S/C49H33NOS/c1-49(2)39-19-8-5-15-33(39)34-28-26-31(29-40(34)49)50(42-21-12-24-45-47(42)37-17-7-10-23-44(37)52-45)41-20-9-6-16-35(41)36-18-11-22-43-46(36)38-27-25-30-13-3-4-14-32(30)48(38)51-43/h3-29H,1-2H3. The van der Waals surface area contributed by atoms with E-state index < -0.39 is 0 Å². The van der Waals surface area contributed by atoms with Crippen molar-refractivity contribution in [3.63, 3.8) is 0 Å². The third kappa shape index (κ3) is 4.11. The Kier molecular flexibility index (Phi) is 6.21. The number of hydrogen-bond acceptors (Lipinski definition) is 3. The molecule has 52 heavy (non-hydrogen) atoms. The van der Waals surface area contributed by atoms with Gasteiger partial charge in [-0.2, -0.15) is 0 Å². The summed E-state index contributed by atoms with van der Waals surface area (Å²) < 4.78 is 9.26. The van der Waals surface area contributed by atoms with E-state index in [0.717, 1.165) is 49.8 Å². The number of anilines is 3. The van der Waals surface area contributed by atoms with Crippen LogP contribution in [-0.4, -0.2) is 0 Å². The lowest BCUT2D eigenvalue weighted by molar-refractivity contribution is 0.660. The largest absolute Gasteiger partial charge is 0.455 e. The van der Waals surface area contributed by atoms with Gasteiger partial charge >= 0.3 is 0 Å². The molecule has 0 spiro atoms. The van der Waals surface area contributed by atoms with Crippen molar-refractivity contribution in [1.82, 2.24) is 0 Å². The molecule has 0 saturated carbocycles. The minimum atomic E-state index is -0.127. The summed E-state index contributed by atoms with van der Waals surface area (Å²) in [6.07, 6.45) is 0. The normalized spacial score (nSPS) is 13.3. The summed E-state index contributed by atoms with van der Waals surface area (Å²) in [5, 5.41) is 7.15. The molecule has 8 aromatic carbocycles. The topological polar surface area (TPSA) is 16.4 Å². The van der Waals surface area contributed by atoms with Crippen molar-refractivity contribution in [2.24, 2.45) is 0 Å². The van der Waals surface area contributed by atoms with Gasteiger partial charge in [0.15, 0.2) is 0 Å². The van der Waals surface area contributed by atoms with Crippen LogP contribution in [0, 0.1) is 0 Å². The van der Waals surface area contributed by atoms with Gasteiger partial charge in [0.25, 0.3) is 0 Å². The summed E-state index contributed by atoms with van der Waals surface area (Å²) >= 11 is 1.86. The molecule has 0 unspecified atom stereocenters. The molecule has 0 aliphatic heterocycles. The second-order valence-corrected chi connectivity index (χ2v) is 15.5. The zero-order chi connectivity index (χ0) is 34.6. The summed E-state index contributed by atoms with van der Waals surface area (Å²) in [5.41, 5.74) is 12.8. The molecule has 0 radical (unpaired) electrons. The molecule has 11 rings (SSSR count). The third-order valence-corrected chi connectivity index (χ3v) is 12.4. The predicted octanol–water partition coefficient (Wildman–Crippen LogP) is 14.6. The van der Waals surface area contributed by atoms with E-state index in [1.165, 1.54) is 53.5 Å². The van der Waals surface area contributed by atoms with Crippen LogP contribution in [0.4, 0.5) is 17.1 Å². The van der Waals surface area contributed by atoms with Crippen LogP contribution in [0.5, 0.6) is 0 Å². The van der Waals surface area contributed by atoms with Crippen LogP contribution in [0.1, 0.15) is 25.0 Å². The molecule has 0 atom stereocenters. The molecule has 10 aromatic rings. The molecule has 0 N–H and O–H groups in total. The second kappa shape index (κ2) is 10.9. The summed E-state index contributed by atoms with van der Waals surface area (Å²) in [5.74, 6) is 0. The van der Waals surface area contributed by atoms with Gasteiger partial charge in [-0.1, -0.05) is 129 Å². The molecule has 2 heterocycles. The summed E-state index contributed by atoms with van der Waals surface area (Å²) in [6.45, 7) is 4.72. The highest BCUT2D eigenvalue weighted by atomic mass is 32.1. The van der Waals surface area contributed by atoms with Crippen LogP contribution in [-0.2, 0) is 5.41 Å². The van der Waals surface area contributed by atoms with Crippen molar-refractivity contribution in [1.29, 1.82) is 0 Å². The maximum absolute atomic E-state index is 6.68. The lowest BCUT2D eigenvalue weighted by atomic mass is 9.82. The first-order valence-electron chi connectivity index (χ1n) is 17.9. The van der Waals surface area contributed by atoms with E-state index in [2.05, 4.69) is 183 Å². The molecular weight excluding hydrogens is 651 g/mol. The molecular formula is C49H33NOS. The maximum atomic E-state index is 6.68. The Labute approximate surface area is 305 Å². The van der Waals surface area contributed by atoms with Crippen molar-refractivity contribution in [3.8, 4) is 22.3 Å². The van der Waals surface area contributed by atoms with Gasteiger partial charge < -0.3 is 9.32 Å². The number of fused-ring (bicyclic) bond motifs is 11. The summed E-state index contributed by atoms with van der Waals surface area (Å²) in [6, 6.07) is 59.9. The van der Waals surface area contributed by atoms with Crippen molar-refractivity contribution in [2.75, 3.05) is 4.90 Å². The van der Waals surface area contributed by atoms with Gasteiger partial charge in [0.1, 0.15) is 11.2 Å². The van der Waals surface area contributed by atoms with Crippen molar-refractivity contribution in [3.05, 3.63) is 175 Å². The van der Waals surface area contributed by atoms with Crippen LogP contribution in [0.15, 0.2) is 168 Å². The number of nitrogens with zero attached hydrogens (tertiary/aromatic N) is 1. The number of furan rings is 1. The van der Waals surface area contributed by atoms with Crippen LogP contribution in [0.2, 0.25) is 0 Å². The Hall–Kier alpha value is -6.16. The fourth-order valence-electron chi connectivity index (χ4n) is 8.86. The Bertz CT molecular complexity index is 3070. The molecule has 0 bridgehead atoms. The third-order valence-electron chi connectivity index (χ3n) is 11.3. The number of rotatable bonds is 4. The minimum absolute atomic E-state index is 0.127. The summed E-state index contributed by atoms with van der Waals surface area (Å²) in [7, 11) is 0. The average molecular weight is 684 g/mol. The second-order valence-electron chi connectivity index (χ2n) is 14.4. The quantitative estimate of drug-likeness (QED) is 0.184. The van der Waals surface area contributed by atoms with Crippen LogP contribution < -0.4 is 4.90 Å². The molecule has 2 nitrogen and oxygen atoms in total. The van der Waals surface area contributed by atoms with E-state index in [0.29, 0.717) is 0 Å². The highest BCUT2D eigenvalue weighted by Crippen LogP contribution is 2.53. The zero-order valence-electron chi connectivity index (χ0n) is 28.9. The first kappa shape index (κ1) is 29.6. The Morgan fingerprint density at radius 2 is 1.17 bits per heavy atom. The van der Waals surface area contributed by atoms with Gasteiger partial charge in [-0.25, -0.2) is 0 Å². The first-order chi connectivity index (χ1) is 25.6. The Morgan fingerprint density at radius 1 is 0.481 bits per heavy atom. The van der Waals surface area contributed by atoms with Crippen LogP contribution >= 0.6 is 11.3 Å². The van der Waals surface area contributed by atoms with E-state index in [1.54, 1.807) is 0 Å². The molecule has 1 aliphatic rings. The maximum Gasteiger partial charge on any atom is 0.143 e. The monoisotopic (exact) mass is 683 g/mol. The van der Waals surface area contributed by atoms with E-state index in [4.69, 9.17) is 4.42 Å². The molecule has 0 saturated heterocycles. The fraction of sp³-hybridized carbons (Fsp3) is 0.0612. The predicted molar refractivity (Wildman–Crippen MR) is 222 cm³/mol. The van der Waals surface area contributed by atoms with E-state index in [-0.39, 0.29) is 5.41 Å². The van der Waals surface area contributed by atoms with Gasteiger partial charge in [-0.15, -0.1) is 11.3 Å². The van der Waals surface area contributed by atoms with Gasteiger partial charge in [-0.05, 0) is 81.7 Å². The van der Waals surface area contributed by atoms with Crippen LogP contribution in [0.25, 0.3) is 75.1 Å². The molecule has 2 aromatic heterocycles. The number of para-hydroxylation sites is 1. The van der Waals surface area contributed by atoms with Gasteiger partial charge in [0.2, 0.25) is 0 Å². The van der Waals surface area contributed by atoms with Crippen molar-refractivity contribution < 1.29 is 4.42 Å². The highest BCUT2D eigenvalue weighted by molar-refractivity contribution is 7.26. The van der Waals surface area contributed by atoms with Gasteiger partial charge in [-0.3, -0.25) is 0 Å². The molecule has 0 amide bonds. The Balaban J connectivity index is 1.21. The van der Waals surface area contributed by atoms with E-state index in [1.807, 2.05) is 11.3 Å². The molecule has 1 aliphatic carbocycles. The van der Waals surface area contributed by atoms with Crippen molar-refractivity contribution >= 4 is 81.3 Å². The van der Waals surface area contributed by atoms with Gasteiger partial charge in [0.05, 0.1) is 11.4 Å². The Morgan fingerprint density at radius 3 is 2.10 bits per heavy atom. The molecule has 0 fully saturated rings. The van der Waals surface area contributed by atoms with Crippen LogP contribution in [0.3, 0.4) is 0 Å².